The summed E-state index contributed by atoms with van der Waals surface area (Å²) in [4.78, 5) is 35.5. The highest BCUT2D eigenvalue weighted by Crippen LogP contribution is 2.15. The molecule has 1 heterocycles. The Balaban J connectivity index is 1.85. The lowest BCUT2D eigenvalue weighted by Crippen LogP contribution is -2.29. The average molecular weight is 381 g/mol. The topological polar surface area (TPSA) is 94.2 Å². The Bertz CT molecular complexity index is 1120. The number of carbonyl (C=O) groups is 1. The summed E-state index contributed by atoms with van der Waals surface area (Å²) in [6.45, 7) is 1.67. The Hall–Kier alpha value is -3.81. The summed E-state index contributed by atoms with van der Waals surface area (Å²) in [7, 11) is 0. The minimum absolute atomic E-state index is 0.0702. The number of aryl methyl sites for hydroxylation is 1. The lowest BCUT2D eigenvalue weighted by atomic mass is 10.2. The molecule has 1 amide bonds. The van der Waals surface area contributed by atoms with Gasteiger partial charge in [-0.1, -0.05) is 18.2 Å². The van der Waals surface area contributed by atoms with E-state index in [4.69, 9.17) is 0 Å². The van der Waals surface area contributed by atoms with E-state index in [1.165, 1.54) is 53.2 Å². The summed E-state index contributed by atoms with van der Waals surface area (Å²) in [5, 5.41) is 13.4. The molecule has 0 saturated heterocycles. The Labute approximate surface area is 159 Å². The zero-order valence-electron chi connectivity index (χ0n) is 14.9. The number of nitro benzene ring substituents is 1. The van der Waals surface area contributed by atoms with Gasteiger partial charge in [0.1, 0.15) is 11.4 Å². The van der Waals surface area contributed by atoms with Crippen molar-refractivity contribution in [3.63, 3.8) is 0 Å². The third kappa shape index (κ3) is 4.12. The molecule has 1 aromatic heterocycles. The minimum atomic E-state index is -0.665. The highest BCUT2D eigenvalue weighted by molar-refractivity contribution is 6.04. The number of aromatic nitrogens is 1. The van der Waals surface area contributed by atoms with Gasteiger partial charge in [0, 0.05) is 24.0 Å². The van der Waals surface area contributed by atoms with Crippen molar-refractivity contribution in [2.24, 2.45) is 0 Å². The molecule has 0 spiro atoms. The standard InChI is InChI=1S/C20H16FN3O4/c1-13-7-8-15(11-18(13)21)22-19(25)17-6-3-9-23(20(17)26)12-14-4-2-5-16(10-14)24(27)28/h2-11H,12H2,1H3,(H,22,25). The van der Waals surface area contributed by atoms with Gasteiger partial charge in [0.25, 0.3) is 17.2 Å². The Morgan fingerprint density at radius 2 is 1.96 bits per heavy atom. The maximum Gasteiger partial charge on any atom is 0.269 e. The van der Waals surface area contributed by atoms with E-state index in [1.807, 2.05) is 0 Å². The molecule has 0 radical (unpaired) electrons. The molecule has 142 valence electrons. The van der Waals surface area contributed by atoms with Crippen molar-refractivity contribution in [1.29, 1.82) is 0 Å². The Kier molecular flexibility index (Phi) is 5.30. The largest absolute Gasteiger partial charge is 0.322 e. The zero-order valence-corrected chi connectivity index (χ0v) is 14.9. The fraction of sp³-hybridized carbons (Fsp3) is 0.100. The maximum absolute atomic E-state index is 13.6. The molecule has 0 aliphatic rings. The average Bonchev–Trinajstić information content (AvgIpc) is 2.66. The third-order valence-corrected chi connectivity index (χ3v) is 4.17. The number of hydrogen-bond acceptors (Lipinski definition) is 4. The van der Waals surface area contributed by atoms with Crippen LogP contribution >= 0.6 is 0 Å². The fourth-order valence-electron chi connectivity index (χ4n) is 2.67. The number of rotatable bonds is 5. The normalized spacial score (nSPS) is 10.5. The first-order valence-corrected chi connectivity index (χ1v) is 8.35. The van der Waals surface area contributed by atoms with Crippen LogP contribution in [0.1, 0.15) is 21.5 Å². The third-order valence-electron chi connectivity index (χ3n) is 4.17. The van der Waals surface area contributed by atoms with Gasteiger partial charge in [0.2, 0.25) is 0 Å². The zero-order chi connectivity index (χ0) is 20.3. The van der Waals surface area contributed by atoms with Crippen LogP contribution in [0, 0.1) is 22.9 Å². The lowest BCUT2D eigenvalue weighted by molar-refractivity contribution is -0.384. The van der Waals surface area contributed by atoms with Gasteiger partial charge in [0.15, 0.2) is 0 Å². The molecule has 8 heteroatoms. The first-order valence-electron chi connectivity index (χ1n) is 8.35. The number of nitrogens with zero attached hydrogens (tertiary/aromatic N) is 2. The second-order valence-corrected chi connectivity index (χ2v) is 6.20. The molecule has 28 heavy (non-hydrogen) atoms. The Morgan fingerprint density at radius 3 is 2.68 bits per heavy atom. The van der Waals surface area contributed by atoms with Gasteiger partial charge in [-0.2, -0.15) is 0 Å². The molecular formula is C20H16FN3O4. The van der Waals surface area contributed by atoms with Crippen LogP contribution in [0.15, 0.2) is 65.6 Å². The SMILES string of the molecule is Cc1ccc(NC(=O)c2cccn(Cc3cccc([N+](=O)[O-])c3)c2=O)cc1F. The van der Waals surface area contributed by atoms with Crippen molar-refractivity contribution >= 4 is 17.3 Å². The van der Waals surface area contributed by atoms with E-state index < -0.39 is 22.2 Å². The first kappa shape index (κ1) is 19.0. The monoisotopic (exact) mass is 381 g/mol. The molecule has 2 aromatic carbocycles. The van der Waals surface area contributed by atoms with Crippen molar-refractivity contribution in [3.05, 3.63) is 104 Å². The van der Waals surface area contributed by atoms with E-state index in [9.17, 15) is 24.1 Å². The molecule has 0 fully saturated rings. The Morgan fingerprint density at radius 1 is 1.18 bits per heavy atom. The summed E-state index contributed by atoms with van der Waals surface area (Å²) in [6.07, 6.45) is 1.49. The number of amides is 1. The van der Waals surface area contributed by atoms with E-state index in [0.29, 0.717) is 11.1 Å². The van der Waals surface area contributed by atoms with E-state index in [1.54, 1.807) is 19.1 Å². The van der Waals surface area contributed by atoms with Gasteiger partial charge < -0.3 is 9.88 Å². The van der Waals surface area contributed by atoms with Crippen LogP contribution in [0.2, 0.25) is 0 Å². The fourth-order valence-corrected chi connectivity index (χ4v) is 2.67. The van der Waals surface area contributed by atoms with E-state index in [2.05, 4.69) is 5.32 Å². The minimum Gasteiger partial charge on any atom is -0.322 e. The molecule has 0 aliphatic carbocycles. The molecule has 0 unspecified atom stereocenters. The molecule has 0 aliphatic heterocycles. The van der Waals surface area contributed by atoms with Gasteiger partial charge in [0.05, 0.1) is 11.5 Å². The summed E-state index contributed by atoms with van der Waals surface area (Å²) >= 11 is 0. The van der Waals surface area contributed by atoms with Gasteiger partial charge >= 0.3 is 0 Å². The second-order valence-electron chi connectivity index (χ2n) is 6.20. The molecule has 1 N–H and O–H groups in total. The van der Waals surface area contributed by atoms with Gasteiger partial charge in [-0.15, -0.1) is 0 Å². The highest BCUT2D eigenvalue weighted by Gasteiger charge is 2.14. The van der Waals surface area contributed by atoms with Crippen molar-refractivity contribution in [2.45, 2.75) is 13.5 Å². The lowest BCUT2D eigenvalue weighted by Gasteiger charge is -2.09. The summed E-state index contributed by atoms with van der Waals surface area (Å²) < 4.78 is 14.9. The highest BCUT2D eigenvalue weighted by atomic mass is 19.1. The van der Waals surface area contributed by atoms with Crippen LogP contribution in [0.5, 0.6) is 0 Å². The quantitative estimate of drug-likeness (QED) is 0.541. The van der Waals surface area contributed by atoms with Crippen LogP contribution in [-0.2, 0) is 6.54 Å². The van der Waals surface area contributed by atoms with E-state index in [0.717, 1.165) is 0 Å². The molecule has 0 bridgehead atoms. The second kappa shape index (κ2) is 7.83. The number of non-ortho nitro benzene ring substituents is 1. The number of pyridine rings is 1. The van der Waals surface area contributed by atoms with Crippen molar-refractivity contribution in [1.82, 2.24) is 4.57 Å². The van der Waals surface area contributed by atoms with Crippen molar-refractivity contribution < 1.29 is 14.1 Å². The summed E-state index contributed by atoms with van der Waals surface area (Å²) in [5.41, 5.74) is 0.474. The number of nitro groups is 1. The molecule has 0 saturated carbocycles. The summed E-state index contributed by atoms with van der Waals surface area (Å²) in [5.74, 6) is -1.13. The predicted octanol–water partition coefficient (Wildman–Crippen LogP) is 3.50. The number of nitrogens with one attached hydrogen (secondary N) is 1. The number of anilines is 1. The first-order chi connectivity index (χ1) is 13.3. The van der Waals surface area contributed by atoms with Crippen molar-refractivity contribution in [2.75, 3.05) is 5.32 Å². The number of benzene rings is 2. The molecule has 0 atom stereocenters. The van der Waals surface area contributed by atoms with Crippen LogP contribution in [0.4, 0.5) is 15.8 Å². The van der Waals surface area contributed by atoms with Gasteiger partial charge in [-0.3, -0.25) is 19.7 Å². The molecular weight excluding hydrogens is 365 g/mol. The van der Waals surface area contributed by atoms with E-state index >= 15 is 0 Å². The molecule has 3 rings (SSSR count). The van der Waals surface area contributed by atoms with Gasteiger partial charge in [-0.25, -0.2) is 4.39 Å². The van der Waals surface area contributed by atoms with E-state index in [-0.39, 0.29) is 23.5 Å². The van der Waals surface area contributed by atoms with Crippen LogP contribution < -0.4 is 10.9 Å². The number of halogens is 1. The maximum atomic E-state index is 13.6. The van der Waals surface area contributed by atoms with Gasteiger partial charge in [-0.05, 0) is 42.3 Å². The smallest absolute Gasteiger partial charge is 0.269 e. The molecule has 7 nitrogen and oxygen atoms in total. The van der Waals surface area contributed by atoms with Crippen LogP contribution in [0.3, 0.4) is 0 Å². The van der Waals surface area contributed by atoms with Crippen LogP contribution in [0.25, 0.3) is 0 Å². The predicted molar refractivity (Wildman–Crippen MR) is 102 cm³/mol. The van der Waals surface area contributed by atoms with Crippen molar-refractivity contribution in [3.8, 4) is 0 Å². The van der Waals surface area contributed by atoms with Crippen LogP contribution in [-0.4, -0.2) is 15.4 Å². The molecule has 3 aromatic rings. The number of hydrogen-bond donors (Lipinski definition) is 1. The summed E-state index contributed by atoms with van der Waals surface area (Å²) in [6, 6.07) is 13.1. The number of carbonyl (C=O) groups excluding carboxylic acids is 1.